The molecule has 2 rings (SSSR count). The minimum Gasteiger partial charge on any atom is -0.378 e. The van der Waals surface area contributed by atoms with Gasteiger partial charge in [0.25, 0.3) is 0 Å². The summed E-state index contributed by atoms with van der Waals surface area (Å²) in [4.78, 5) is 8.89. The molecule has 22 heavy (non-hydrogen) atoms. The van der Waals surface area contributed by atoms with Crippen LogP contribution in [0.1, 0.15) is 25.8 Å². The van der Waals surface area contributed by atoms with Crippen molar-refractivity contribution in [3.63, 3.8) is 0 Å². The van der Waals surface area contributed by atoms with Crippen LogP contribution in [-0.2, 0) is 6.54 Å². The molecule has 0 radical (unpaired) electrons. The second kappa shape index (κ2) is 8.04. The van der Waals surface area contributed by atoms with Crippen molar-refractivity contribution in [3.8, 4) is 0 Å². The van der Waals surface area contributed by atoms with Crippen LogP contribution in [0.4, 0.5) is 5.69 Å². The third kappa shape index (κ3) is 5.04. The van der Waals surface area contributed by atoms with Gasteiger partial charge in [-0.2, -0.15) is 0 Å². The van der Waals surface area contributed by atoms with Crippen LogP contribution < -0.4 is 10.2 Å². The summed E-state index contributed by atoms with van der Waals surface area (Å²) in [7, 11) is 5.98. The molecule has 0 atom stereocenters. The Hall–Kier alpha value is -0.980. The first kappa shape index (κ1) is 19.1. The first-order valence-corrected chi connectivity index (χ1v) is 7.63. The fourth-order valence-corrected chi connectivity index (χ4v) is 2.72. The number of anilines is 1. The maximum Gasteiger partial charge on any atom is 0.193 e. The van der Waals surface area contributed by atoms with E-state index in [2.05, 4.69) is 72.3 Å². The minimum atomic E-state index is 0. The van der Waals surface area contributed by atoms with Gasteiger partial charge in [0.05, 0.1) is 0 Å². The predicted octanol–water partition coefficient (Wildman–Crippen LogP) is 3.18. The third-order valence-corrected chi connectivity index (χ3v) is 4.09. The normalized spacial score (nSPS) is 17.1. The average molecular weight is 416 g/mol. The molecule has 124 valence electrons. The van der Waals surface area contributed by atoms with Crippen molar-refractivity contribution in [3.05, 3.63) is 29.8 Å². The minimum absolute atomic E-state index is 0. The third-order valence-electron chi connectivity index (χ3n) is 4.09. The Labute approximate surface area is 152 Å². The molecule has 4 nitrogen and oxygen atoms in total. The SMILES string of the molecule is CN=C(NCc1ccc(N(C)C)cc1)N1CCC(C)(C)C1.I. The van der Waals surface area contributed by atoms with Crippen molar-refractivity contribution in [2.24, 2.45) is 10.4 Å². The van der Waals surface area contributed by atoms with Gasteiger partial charge < -0.3 is 15.1 Å². The van der Waals surface area contributed by atoms with Gasteiger partial charge in [0.1, 0.15) is 0 Å². The number of nitrogens with zero attached hydrogens (tertiary/aromatic N) is 3. The van der Waals surface area contributed by atoms with Gasteiger partial charge in [-0.25, -0.2) is 0 Å². The number of nitrogens with one attached hydrogen (secondary N) is 1. The number of benzene rings is 1. The number of rotatable bonds is 3. The topological polar surface area (TPSA) is 30.9 Å². The van der Waals surface area contributed by atoms with Crippen molar-refractivity contribution in [1.82, 2.24) is 10.2 Å². The monoisotopic (exact) mass is 416 g/mol. The van der Waals surface area contributed by atoms with Gasteiger partial charge in [-0.3, -0.25) is 4.99 Å². The molecule has 1 N–H and O–H groups in total. The van der Waals surface area contributed by atoms with E-state index in [1.165, 1.54) is 17.7 Å². The predicted molar refractivity (Wildman–Crippen MR) is 106 cm³/mol. The van der Waals surface area contributed by atoms with Crippen LogP contribution in [0.15, 0.2) is 29.3 Å². The summed E-state index contributed by atoms with van der Waals surface area (Å²) < 4.78 is 0. The van der Waals surface area contributed by atoms with Gasteiger partial charge in [0.15, 0.2) is 5.96 Å². The number of likely N-dealkylation sites (tertiary alicyclic amines) is 1. The van der Waals surface area contributed by atoms with Gasteiger partial charge in [-0.1, -0.05) is 26.0 Å². The molecule has 5 heteroatoms. The zero-order valence-corrected chi connectivity index (χ0v) is 16.7. The molecule has 0 spiro atoms. The number of hydrogen-bond donors (Lipinski definition) is 1. The van der Waals surface area contributed by atoms with Crippen molar-refractivity contribution in [1.29, 1.82) is 0 Å². The van der Waals surface area contributed by atoms with E-state index in [0.29, 0.717) is 5.41 Å². The van der Waals surface area contributed by atoms with Crippen LogP contribution in [0, 0.1) is 5.41 Å². The van der Waals surface area contributed by atoms with Gasteiger partial charge in [-0.15, -0.1) is 24.0 Å². The Bertz CT molecular complexity index is 494. The van der Waals surface area contributed by atoms with Crippen LogP contribution >= 0.6 is 24.0 Å². The zero-order chi connectivity index (χ0) is 15.5. The fourth-order valence-electron chi connectivity index (χ4n) is 2.72. The Morgan fingerprint density at radius 1 is 1.27 bits per heavy atom. The van der Waals surface area contributed by atoms with Crippen LogP contribution in [0.2, 0.25) is 0 Å². The first-order valence-electron chi connectivity index (χ1n) is 7.63. The van der Waals surface area contributed by atoms with E-state index in [1.807, 2.05) is 7.05 Å². The summed E-state index contributed by atoms with van der Waals surface area (Å²) in [6.07, 6.45) is 1.23. The largest absolute Gasteiger partial charge is 0.378 e. The Balaban J connectivity index is 0.00000242. The van der Waals surface area contributed by atoms with Gasteiger partial charge >= 0.3 is 0 Å². The molecule has 0 bridgehead atoms. The lowest BCUT2D eigenvalue weighted by molar-refractivity contribution is 0.370. The second-order valence-electron chi connectivity index (χ2n) is 6.80. The molecular weight excluding hydrogens is 387 g/mol. The number of halogens is 1. The molecule has 1 fully saturated rings. The maximum absolute atomic E-state index is 4.42. The highest BCUT2D eigenvalue weighted by Gasteiger charge is 2.30. The van der Waals surface area contributed by atoms with Crippen LogP contribution in [-0.4, -0.2) is 45.1 Å². The van der Waals surface area contributed by atoms with E-state index < -0.39 is 0 Å². The molecule has 1 aliphatic heterocycles. The van der Waals surface area contributed by atoms with Gasteiger partial charge in [-0.05, 0) is 29.5 Å². The Morgan fingerprint density at radius 3 is 2.36 bits per heavy atom. The Morgan fingerprint density at radius 2 is 1.91 bits per heavy atom. The van der Waals surface area contributed by atoms with Crippen LogP contribution in [0.25, 0.3) is 0 Å². The van der Waals surface area contributed by atoms with Crippen molar-refractivity contribution in [2.45, 2.75) is 26.8 Å². The fraction of sp³-hybridized carbons (Fsp3) is 0.588. The molecule has 0 aromatic heterocycles. The second-order valence-corrected chi connectivity index (χ2v) is 6.80. The van der Waals surface area contributed by atoms with Gasteiger partial charge in [0, 0.05) is 46.5 Å². The molecule has 0 unspecified atom stereocenters. The molecular formula is C17H29IN4. The van der Waals surface area contributed by atoms with Crippen molar-refractivity contribution >= 4 is 35.6 Å². The molecule has 1 heterocycles. The Kier molecular flexibility index (Phi) is 6.97. The highest BCUT2D eigenvalue weighted by Crippen LogP contribution is 2.28. The summed E-state index contributed by atoms with van der Waals surface area (Å²) in [5.74, 6) is 1.01. The summed E-state index contributed by atoms with van der Waals surface area (Å²) in [5.41, 5.74) is 2.90. The van der Waals surface area contributed by atoms with E-state index in [4.69, 9.17) is 0 Å². The lowest BCUT2D eigenvalue weighted by Crippen LogP contribution is -2.40. The van der Waals surface area contributed by atoms with E-state index in [0.717, 1.165) is 25.6 Å². The summed E-state index contributed by atoms with van der Waals surface area (Å²) >= 11 is 0. The van der Waals surface area contributed by atoms with E-state index in [-0.39, 0.29) is 24.0 Å². The summed E-state index contributed by atoms with van der Waals surface area (Å²) in [6, 6.07) is 8.64. The molecule has 1 aliphatic rings. The maximum atomic E-state index is 4.42. The van der Waals surface area contributed by atoms with Crippen molar-refractivity contribution in [2.75, 3.05) is 39.1 Å². The van der Waals surface area contributed by atoms with E-state index >= 15 is 0 Å². The lowest BCUT2D eigenvalue weighted by atomic mass is 9.93. The molecule has 1 aromatic rings. The summed E-state index contributed by atoms with van der Waals surface area (Å²) in [5, 5.41) is 3.48. The van der Waals surface area contributed by atoms with Crippen LogP contribution in [0.5, 0.6) is 0 Å². The van der Waals surface area contributed by atoms with Crippen molar-refractivity contribution < 1.29 is 0 Å². The lowest BCUT2D eigenvalue weighted by Gasteiger charge is -2.23. The molecule has 0 saturated carbocycles. The molecule has 0 aliphatic carbocycles. The van der Waals surface area contributed by atoms with Crippen LogP contribution in [0.3, 0.4) is 0 Å². The van der Waals surface area contributed by atoms with Gasteiger partial charge in [0.2, 0.25) is 0 Å². The summed E-state index contributed by atoms with van der Waals surface area (Å²) in [6.45, 7) is 7.62. The average Bonchev–Trinajstić information content (AvgIpc) is 2.80. The standard InChI is InChI=1S/C17H28N4.HI/c1-17(2)10-11-21(13-17)16(18-3)19-12-14-6-8-15(9-7-14)20(4)5;/h6-9H,10-13H2,1-5H3,(H,18,19);1H. The quantitative estimate of drug-likeness (QED) is 0.467. The molecule has 1 saturated heterocycles. The number of hydrogen-bond acceptors (Lipinski definition) is 2. The van der Waals surface area contributed by atoms with E-state index in [1.54, 1.807) is 0 Å². The smallest absolute Gasteiger partial charge is 0.193 e. The number of guanidine groups is 1. The molecule has 1 aromatic carbocycles. The first-order chi connectivity index (χ1) is 9.91. The highest BCUT2D eigenvalue weighted by molar-refractivity contribution is 14.0. The van der Waals surface area contributed by atoms with E-state index in [9.17, 15) is 0 Å². The zero-order valence-electron chi connectivity index (χ0n) is 14.4. The number of aliphatic imine (C=N–C) groups is 1. The highest BCUT2D eigenvalue weighted by atomic mass is 127. The molecule has 0 amide bonds.